The number of hydrogen-bond donors (Lipinski definition) is 3. The summed E-state index contributed by atoms with van der Waals surface area (Å²) in [5, 5.41) is 8.47. The molecule has 0 bridgehead atoms. The van der Waals surface area contributed by atoms with Crippen LogP contribution in [0.1, 0.15) is 52.4 Å². The number of aromatic nitrogens is 3. The maximum atomic E-state index is 13.1. The van der Waals surface area contributed by atoms with Gasteiger partial charge in [0.2, 0.25) is 11.9 Å². The first-order chi connectivity index (χ1) is 14.5. The van der Waals surface area contributed by atoms with Crippen LogP contribution in [0.15, 0.2) is 6.20 Å². The maximum absolute atomic E-state index is 13.1. The molecule has 4 rings (SSSR count). The molecule has 2 aromatic rings. The molecule has 1 amide bonds. The van der Waals surface area contributed by atoms with E-state index >= 15 is 0 Å². The summed E-state index contributed by atoms with van der Waals surface area (Å²) in [6.45, 7) is -2.38. The zero-order valence-corrected chi connectivity index (χ0v) is 15.6. The minimum Gasteiger partial charge on any atom is -0.372 e. The first kappa shape index (κ1) is 15.5. The second-order valence-electron chi connectivity index (χ2n) is 6.75. The van der Waals surface area contributed by atoms with E-state index in [1.165, 1.54) is 7.05 Å². The van der Waals surface area contributed by atoms with Crippen LogP contribution >= 0.6 is 11.3 Å². The fourth-order valence-corrected chi connectivity index (χ4v) is 4.18. The van der Waals surface area contributed by atoms with Crippen LogP contribution in [0.4, 0.5) is 29.9 Å². The number of hydrogen-bond acceptors (Lipinski definition) is 7. The lowest BCUT2D eigenvalue weighted by molar-refractivity contribution is -0.137. The molecule has 2 fully saturated rings. The van der Waals surface area contributed by atoms with E-state index < -0.39 is 35.7 Å². The number of rotatable bonds is 5. The summed E-state index contributed by atoms with van der Waals surface area (Å²) < 4.78 is 63.2. The van der Waals surface area contributed by atoms with Crippen molar-refractivity contribution in [2.24, 2.45) is 0 Å². The Bertz CT molecular complexity index is 1020. The molecule has 1 aliphatic carbocycles. The smallest absolute Gasteiger partial charge is 0.372 e. The number of amides is 1. The van der Waals surface area contributed by atoms with Crippen molar-refractivity contribution in [1.29, 1.82) is 0 Å². The van der Waals surface area contributed by atoms with Gasteiger partial charge in [-0.3, -0.25) is 4.79 Å². The Kier molecular flexibility index (Phi) is 3.64. The highest BCUT2D eigenvalue weighted by molar-refractivity contribution is 7.16. The van der Waals surface area contributed by atoms with Gasteiger partial charge in [0.25, 0.3) is 0 Å². The van der Waals surface area contributed by atoms with E-state index in [0.717, 1.165) is 24.2 Å². The number of thiazole rings is 1. The lowest BCUT2D eigenvalue weighted by Gasteiger charge is -2.16. The molecule has 3 N–H and O–H groups in total. The lowest BCUT2D eigenvalue weighted by Crippen LogP contribution is -2.32. The van der Waals surface area contributed by atoms with Crippen molar-refractivity contribution in [3.63, 3.8) is 0 Å². The van der Waals surface area contributed by atoms with Crippen LogP contribution in [0.25, 0.3) is 0 Å². The van der Waals surface area contributed by atoms with Crippen molar-refractivity contribution in [1.82, 2.24) is 20.3 Å². The quantitative estimate of drug-likeness (QED) is 0.693. The van der Waals surface area contributed by atoms with Gasteiger partial charge in [0.15, 0.2) is 0 Å². The minimum absolute atomic E-state index is 0.0834. The van der Waals surface area contributed by atoms with Crippen LogP contribution in [-0.2, 0) is 16.4 Å². The molecule has 3 heterocycles. The molecule has 28 heavy (non-hydrogen) atoms. The minimum atomic E-state index is -4.62. The van der Waals surface area contributed by atoms with Gasteiger partial charge >= 0.3 is 6.18 Å². The Balaban J connectivity index is 1.74. The van der Waals surface area contributed by atoms with Gasteiger partial charge in [-0.2, -0.15) is 18.2 Å². The predicted molar refractivity (Wildman–Crippen MR) is 98.9 cm³/mol. The van der Waals surface area contributed by atoms with Gasteiger partial charge in [0.1, 0.15) is 21.4 Å². The number of nitrogens with zero attached hydrogens (tertiary/aromatic N) is 3. The largest absolute Gasteiger partial charge is 0.421 e. The Hall–Kier alpha value is -2.43. The third-order valence-electron chi connectivity index (χ3n) is 4.71. The zero-order chi connectivity index (χ0) is 22.6. The topological polar surface area (TPSA) is 91.8 Å². The third kappa shape index (κ3) is 3.27. The first-order valence-corrected chi connectivity index (χ1v) is 9.47. The van der Waals surface area contributed by atoms with E-state index in [0.29, 0.717) is 16.9 Å². The zero-order valence-electron chi connectivity index (χ0n) is 17.8. The van der Waals surface area contributed by atoms with E-state index in [1.807, 2.05) is 0 Å². The number of nitrogens with one attached hydrogen (secondary N) is 3. The van der Waals surface area contributed by atoms with Gasteiger partial charge in [-0.1, -0.05) is 11.3 Å². The summed E-state index contributed by atoms with van der Waals surface area (Å²) in [6.07, 6.45) is -2.16. The average molecular weight is 415 g/mol. The molecule has 0 radical (unpaired) electrons. The van der Waals surface area contributed by atoms with Crippen molar-refractivity contribution < 1.29 is 22.1 Å². The molecule has 1 atom stereocenters. The Morgan fingerprint density at radius 2 is 2.18 bits per heavy atom. The Morgan fingerprint density at radius 3 is 2.75 bits per heavy atom. The summed E-state index contributed by atoms with van der Waals surface area (Å²) in [4.78, 5) is 24.7. The highest BCUT2D eigenvalue weighted by atomic mass is 32.1. The summed E-state index contributed by atoms with van der Waals surface area (Å²) in [7, 11) is 1.32. The van der Waals surface area contributed by atoms with Gasteiger partial charge in [0, 0.05) is 29.8 Å². The second-order valence-corrected chi connectivity index (χ2v) is 7.75. The standard InChI is InChI=1S/C17H19F3N6OS/c1-16(5-6-22-13(16)27)14-24-10(8-3-4-8)12(28-14)26-15-23-7-9(17(18,19)20)11(21-2)25-15/h7-8H,3-6H2,1-2H3,(H,22,27)(H2,21,23,25,26)/i1D3. The van der Waals surface area contributed by atoms with Crippen molar-refractivity contribution in [3.8, 4) is 0 Å². The van der Waals surface area contributed by atoms with Gasteiger partial charge in [-0.15, -0.1) is 0 Å². The molecule has 0 aromatic carbocycles. The molecular weight excluding hydrogens is 393 g/mol. The van der Waals surface area contributed by atoms with Crippen LogP contribution in [0.2, 0.25) is 0 Å². The molecule has 0 spiro atoms. The van der Waals surface area contributed by atoms with Gasteiger partial charge < -0.3 is 16.0 Å². The second kappa shape index (κ2) is 6.57. The molecule has 7 nitrogen and oxygen atoms in total. The molecule has 11 heteroatoms. The van der Waals surface area contributed by atoms with Crippen molar-refractivity contribution in [3.05, 3.63) is 22.5 Å². The highest BCUT2D eigenvalue weighted by Gasteiger charge is 2.44. The Morgan fingerprint density at radius 1 is 1.39 bits per heavy atom. The van der Waals surface area contributed by atoms with Crippen LogP contribution in [0.3, 0.4) is 0 Å². The molecule has 2 aliphatic rings. The molecule has 1 saturated heterocycles. The first-order valence-electron chi connectivity index (χ1n) is 10.2. The van der Waals surface area contributed by atoms with Crippen molar-refractivity contribution in [2.45, 2.75) is 43.6 Å². The van der Waals surface area contributed by atoms with Crippen molar-refractivity contribution in [2.75, 3.05) is 24.2 Å². The fourth-order valence-electron chi connectivity index (χ4n) is 3.01. The molecule has 1 aliphatic heterocycles. The number of carbonyl (C=O) groups excluding carboxylic acids is 1. The van der Waals surface area contributed by atoms with Crippen molar-refractivity contribution >= 4 is 34.0 Å². The van der Waals surface area contributed by atoms with Gasteiger partial charge in [0.05, 0.1) is 11.1 Å². The molecule has 1 unspecified atom stereocenters. The van der Waals surface area contributed by atoms with E-state index in [2.05, 4.69) is 30.9 Å². The van der Waals surface area contributed by atoms with Gasteiger partial charge in [-0.25, -0.2) is 9.97 Å². The number of carbonyl (C=O) groups is 1. The highest BCUT2D eigenvalue weighted by Crippen LogP contribution is 2.48. The number of halogens is 3. The van der Waals surface area contributed by atoms with E-state index in [4.69, 9.17) is 4.11 Å². The van der Waals surface area contributed by atoms with Crippen LogP contribution in [-0.4, -0.2) is 34.5 Å². The van der Waals surface area contributed by atoms with E-state index in [-0.39, 0.29) is 29.8 Å². The molecule has 150 valence electrons. The predicted octanol–water partition coefficient (Wildman–Crippen LogP) is 3.39. The summed E-state index contributed by atoms with van der Waals surface area (Å²) >= 11 is 1.01. The normalized spacial score (nSPS) is 24.3. The van der Waals surface area contributed by atoms with Crippen LogP contribution < -0.4 is 16.0 Å². The average Bonchev–Trinajstić information content (AvgIpc) is 3.31. The summed E-state index contributed by atoms with van der Waals surface area (Å²) in [5.41, 5.74) is -2.17. The fraction of sp³-hybridized carbons (Fsp3) is 0.529. The lowest BCUT2D eigenvalue weighted by atomic mass is 9.90. The van der Waals surface area contributed by atoms with E-state index in [9.17, 15) is 18.0 Å². The van der Waals surface area contributed by atoms with Gasteiger partial charge in [-0.05, 0) is 26.1 Å². The summed E-state index contributed by atoms with van der Waals surface area (Å²) in [6, 6.07) is 0. The SMILES string of the molecule is [2H]C([2H])([2H])C1(c2nc(C3CC3)c(Nc3ncc(C(F)(F)F)c(NC)n3)s2)CCNC1=O. The third-order valence-corrected chi connectivity index (χ3v) is 5.86. The summed E-state index contributed by atoms with van der Waals surface area (Å²) in [5.74, 6) is -0.993. The Labute approximate surface area is 167 Å². The molecule has 1 saturated carbocycles. The maximum Gasteiger partial charge on any atom is 0.421 e. The number of anilines is 3. The number of alkyl halides is 3. The molecular formula is C17H19F3N6OS. The molecule has 2 aromatic heterocycles. The van der Waals surface area contributed by atoms with Crippen LogP contribution in [0, 0.1) is 0 Å². The van der Waals surface area contributed by atoms with Crippen LogP contribution in [0.5, 0.6) is 0 Å². The van der Waals surface area contributed by atoms with E-state index in [1.54, 1.807) is 0 Å². The monoisotopic (exact) mass is 415 g/mol.